The summed E-state index contributed by atoms with van der Waals surface area (Å²) in [5, 5.41) is 13.8. The largest absolute Gasteiger partial charge is 0.472 e. The van der Waals surface area contributed by atoms with E-state index in [1.54, 1.807) is 12.2 Å². The van der Waals surface area contributed by atoms with Crippen molar-refractivity contribution in [3.05, 3.63) is 72.9 Å². The predicted molar refractivity (Wildman–Crippen MR) is 263 cm³/mol. The van der Waals surface area contributed by atoms with Crippen LogP contribution in [0.15, 0.2) is 72.9 Å². The highest BCUT2D eigenvalue weighted by Crippen LogP contribution is 2.43. The molecule has 0 rings (SSSR count). The molecule has 0 aromatic heterocycles. The number of quaternary nitrogens is 1. The van der Waals surface area contributed by atoms with Crippen molar-refractivity contribution in [3.63, 3.8) is 0 Å². The fraction of sp³-hybridized carbons (Fsp3) is 0.750. The Morgan fingerprint density at radius 3 is 1.38 bits per heavy atom. The number of likely N-dealkylation sites (N-methyl/N-ethyl adjacent to an activating group) is 1. The fourth-order valence-electron chi connectivity index (χ4n) is 6.81. The van der Waals surface area contributed by atoms with Gasteiger partial charge in [-0.15, -0.1) is 0 Å². The van der Waals surface area contributed by atoms with Crippen molar-refractivity contribution < 1.29 is 32.9 Å². The van der Waals surface area contributed by atoms with Crippen LogP contribution in [-0.2, 0) is 18.4 Å². The number of phosphoric acid groups is 1. The number of aliphatic hydroxyl groups excluding tert-OH is 1. The minimum atomic E-state index is -4.37. The molecule has 0 aromatic carbocycles. The zero-order chi connectivity index (χ0) is 45.0. The molecule has 0 aliphatic heterocycles. The number of phosphoric ester groups is 1. The Morgan fingerprint density at radius 2 is 0.967 bits per heavy atom. The monoisotopic (exact) mass is 876 g/mol. The lowest BCUT2D eigenvalue weighted by atomic mass is 10.0. The molecule has 61 heavy (non-hydrogen) atoms. The van der Waals surface area contributed by atoms with Gasteiger partial charge >= 0.3 is 7.82 Å². The highest BCUT2D eigenvalue weighted by molar-refractivity contribution is 7.47. The molecule has 0 saturated carbocycles. The molecule has 0 aliphatic carbocycles. The van der Waals surface area contributed by atoms with Crippen LogP contribution in [0.25, 0.3) is 0 Å². The predicted octanol–water partition coefficient (Wildman–Crippen LogP) is 14.4. The lowest BCUT2D eigenvalue weighted by Gasteiger charge is -2.25. The Morgan fingerprint density at radius 1 is 0.574 bits per heavy atom. The van der Waals surface area contributed by atoms with Crippen LogP contribution < -0.4 is 5.32 Å². The lowest BCUT2D eigenvalue weighted by Crippen LogP contribution is -2.45. The zero-order valence-corrected chi connectivity index (χ0v) is 41.0. The average Bonchev–Trinajstić information content (AvgIpc) is 3.21. The maximum atomic E-state index is 12.8. The number of rotatable bonds is 44. The highest BCUT2D eigenvalue weighted by Gasteiger charge is 2.27. The van der Waals surface area contributed by atoms with Crippen molar-refractivity contribution in [3.8, 4) is 0 Å². The maximum Gasteiger partial charge on any atom is 0.472 e. The van der Waals surface area contributed by atoms with E-state index in [9.17, 15) is 19.4 Å². The number of amides is 1. The molecule has 0 saturated heterocycles. The molecular weight excluding hydrogens is 780 g/mol. The molecule has 3 unspecified atom stereocenters. The molecule has 0 fully saturated rings. The summed E-state index contributed by atoms with van der Waals surface area (Å²) >= 11 is 0. The van der Waals surface area contributed by atoms with Crippen molar-refractivity contribution in [2.75, 3.05) is 40.9 Å². The summed E-state index contributed by atoms with van der Waals surface area (Å²) in [6.07, 6.45) is 58.8. The molecule has 3 N–H and O–H groups in total. The van der Waals surface area contributed by atoms with E-state index < -0.39 is 20.0 Å². The average molecular weight is 876 g/mol. The van der Waals surface area contributed by atoms with E-state index in [4.69, 9.17) is 9.05 Å². The van der Waals surface area contributed by atoms with Crippen LogP contribution in [0.3, 0.4) is 0 Å². The van der Waals surface area contributed by atoms with Crippen LogP contribution in [0.5, 0.6) is 0 Å². The van der Waals surface area contributed by atoms with Gasteiger partial charge < -0.3 is 19.8 Å². The van der Waals surface area contributed by atoms with Gasteiger partial charge in [0.15, 0.2) is 0 Å². The third kappa shape index (κ3) is 45.8. The zero-order valence-electron chi connectivity index (χ0n) is 40.1. The summed E-state index contributed by atoms with van der Waals surface area (Å²) in [7, 11) is 1.51. The molecule has 0 radical (unpaired) electrons. The number of nitrogens with one attached hydrogen (secondary N) is 1. The van der Waals surface area contributed by atoms with Gasteiger partial charge in [-0.3, -0.25) is 13.8 Å². The molecule has 8 nitrogen and oxygen atoms in total. The molecule has 1 amide bonds. The molecule has 9 heteroatoms. The van der Waals surface area contributed by atoms with Crippen molar-refractivity contribution in [2.24, 2.45) is 0 Å². The number of carbonyl (C=O) groups is 1. The molecule has 0 aromatic rings. The molecule has 0 spiro atoms. The van der Waals surface area contributed by atoms with Crippen LogP contribution in [-0.4, -0.2) is 73.4 Å². The normalized spacial score (nSPS) is 14.8. The van der Waals surface area contributed by atoms with Gasteiger partial charge in [0.2, 0.25) is 5.91 Å². The minimum absolute atomic E-state index is 0.0420. The van der Waals surface area contributed by atoms with E-state index in [-0.39, 0.29) is 25.5 Å². The quantitative estimate of drug-likeness (QED) is 0.0244. The van der Waals surface area contributed by atoms with Gasteiger partial charge in [0.05, 0.1) is 39.9 Å². The molecule has 3 atom stereocenters. The summed E-state index contributed by atoms with van der Waals surface area (Å²) in [6, 6.07) is -0.904. The molecule has 354 valence electrons. The van der Waals surface area contributed by atoms with Crippen molar-refractivity contribution in [1.82, 2.24) is 5.32 Å². The first kappa shape index (κ1) is 58.9. The third-order valence-corrected chi connectivity index (χ3v) is 11.7. The summed E-state index contributed by atoms with van der Waals surface area (Å²) < 4.78 is 23.5. The van der Waals surface area contributed by atoms with E-state index in [0.717, 1.165) is 44.9 Å². The first-order valence-corrected chi connectivity index (χ1v) is 26.3. The number of hydrogen-bond donors (Lipinski definition) is 3. The molecular formula is C52H96N2O6P+. The Bertz CT molecular complexity index is 1220. The van der Waals surface area contributed by atoms with Gasteiger partial charge in [0.25, 0.3) is 0 Å². The van der Waals surface area contributed by atoms with Gasteiger partial charge in [-0.25, -0.2) is 4.57 Å². The number of nitrogens with zero attached hydrogens (tertiary/aromatic N) is 1. The number of allylic oxidation sites excluding steroid dienone is 10. The van der Waals surface area contributed by atoms with Gasteiger partial charge in [-0.1, -0.05) is 222 Å². The fourth-order valence-corrected chi connectivity index (χ4v) is 7.55. The molecule has 0 heterocycles. The van der Waals surface area contributed by atoms with Crippen LogP contribution in [0.1, 0.15) is 200 Å². The van der Waals surface area contributed by atoms with E-state index in [1.807, 2.05) is 33.3 Å². The second kappa shape index (κ2) is 43.2. The van der Waals surface area contributed by atoms with Crippen LogP contribution in [0.4, 0.5) is 0 Å². The van der Waals surface area contributed by atoms with E-state index in [0.29, 0.717) is 17.4 Å². The van der Waals surface area contributed by atoms with Crippen molar-refractivity contribution in [2.45, 2.75) is 212 Å². The lowest BCUT2D eigenvalue weighted by molar-refractivity contribution is -0.870. The van der Waals surface area contributed by atoms with E-state index >= 15 is 0 Å². The van der Waals surface area contributed by atoms with Crippen LogP contribution >= 0.6 is 7.82 Å². The number of hydrogen-bond acceptors (Lipinski definition) is 5. The Balaban J connectivity index is 4.39. The minimum Gasteiger partial charge on any atom is -0.387 e. The summed E-state index contributed by atoms with van der Waals surface area (Å²) in [5.74, 6) is -0.305. The third-order valence-electron chi connectivity index (χ3n) is 10.7. The van der Waals surface area contributed by atoms with Gasteiger partial charge in [0.1, 0.15) is 13.2 Å². The van der Waals surface area contributed by atoms with Crippen molar-refractivity contribution in [1.29, 1.82) is 0 Å². The molecule has 0 aliphatic rings. The smallest absolute Gasteiger partial charge is 0.387 e. The van der Waals surface area contributed by atoms with Gasteiger partial charge in [-0.05, 0) is 44.9 Å². The number of aliphatic hydroxyl groups is 1. The maximum absolute atomic E-state index is 12.8. The Labute approximate surface area is 376 Å². The van der Waals surface area contributed by atoms with Gasteiger partial charge in [0, 0.05) is 6.42 Å². The summed E-state index contributed by atoms with van der Waals surface area (Å²) in [4.78, 5) is 23.1. The second-order valence-electron chi connectivity index (χ2n) is 17.8. The van der Waals surface area contributed by atoms with E-state index in [2.05, 4.69) is 67.8 Å². The van der Waals surface area contributed by atoms with Crippen LogP contribution in [0.2, 0.25) is 0 Å². The number of unbranched alkanes of at least 4 members (excludes halogenated alkanes) is 22. The Kier molecular flexibility index (Phi) is 41.7. The highest BCUT2D eigenvalue weighted by atomic mass is 31.2. The van der Waals surface area contributed by atoms with Gasteiger partial charge in [-0.2, -0.15) is 0 Å². The standard InChI is InChI=1S/C52H95N2O6P/c1-6-8-10-12-14-16-18-20-22-23-24-25-26-27-28-29-30-32-33-35-37-39-41-43-45-51(55)50(49-60-61(57,58)59-48-47-54(3,4)5)53-52(56)46-44-42-40-38-36-34-31-21-19-17-15-13-11-9-7-2/h9,11,15,17,21,31,36,38,42-45,50-51,55H,6-8,10,12-14,16,18-20,22-30,32-35,37,39-41,46-49H2,1-5H3,(H-,53,56,57,58)/p+1/b11-9-,17-15-,31-21-,38-36-,44-42-,45-43+. The Hall–Kier alpha value is -2.06. The summed E-state index contributed by atoms with van der Waals surface area (Å²) in [6.45, 7) is 4.62. The van der Waals surface area contributed by atoms with E-state index in [1.165, 1.54) is 128 Å². The van der Waals surface area contributed by atoms with Crippen LogP contribution in [0, 0.1) is 0 Å². The second-order valence-corrected chi connectivity index (χ2v) is 19.3. The van der Waals surface area contributed by atoms with Crippen molar-refractivity contribution >= 4 is 13.7 Å². The number of carbonyl (C=O) groups excluding carboxylic acids is 1. The molecule has 0 bridgehead atoms. The summed E-state index contributed by atoms with van der Waals surface area (Å²) in [5.41, 5.74) is 0. The first-order valence-electron chi connectivity index (χ1n) is 24.8. The topological polar surface area (TPSA) is 105 Å². The SMILES string of the molecule is CC/C=C\C/C=C\C/C=C\C/C=C\C/C=C\CC(=O)NC(COP(=O)(O)OCC[N+](C)(C)C)C(O)/C=C/CCCCCCCCCCCCCCCCCCCCCCCC. The first-order chi connectivity index (χ1) is 29.5.